The van der Waals surface area contributed by atoms with E-state index in [0.29, 0.717) is 6.04 Å². The summed E-state index contributed by atoms with van der Waals surface area (Å²) in [6, 6.07) is 8.93. The molecule has 0 radical (unpaired) electrons. The van der Waals surface area contributed by atoms with E-state index in [4.69, 9.17) is 4.74 Å². The fraction of sp³-hybridized carbons (Fsp3) is 0.571. The van der Waals surface area contributed by atoms with Gasteiger partial charge in [-0.1, -0.05) is 19.1 Å². The van der Waals surface area contributed by atoms with Crippen molar-refractivity contribution < 1.29 is 4.74 Å². The van der Waals surface area contributed by atoms with E-state index in [1.165, 1.54) is 5.56 Å². The molecule has 1 fully saturated rings. The van der Waals surface area contributed by atoms with Crippen molar-refractivity contribution in [2.45, 2.75) is 19.4 Å². The third kappa shape index (κ3) is 3.45. The van der Waals surface area contributed by atoms with Gasteiger partial charge < -0.3 is 15.0 Å². The summed E-state index contributed by atoms with van der Waals surface area (Å²) in [4.78, 5) is 2.36. The predicted octanol–water partition coefficient (Wildman–Crippen LogP) is 2.05. The Bertz CT molecular complexity index is 337. The van der Waals surface area contributed by atoms with E-state index in [1.54, 1.807) is 0 Å². The highest BCUT2D eigenvalue weighted by atomic mass is 16.5. The second-order valence-electron chi connectivity index (χ2n) is 4.69. The van der Waals surface area contributed by atoms with Gasteiger partial charge in [0.2, 0.25) is 0 Å². The average Bonchev–Trinajstić information content (AvgIpc) is 2.37. The van der Waals surface area contributed by atoms with Crippen LogP contribution in [0.25, 0.3) is 0 Å². The van der Waals surface area contributed by atoms with Gasteiger partial charge in [-0.05, 0) is 31.2 Å². The van der Waals surface area contributed by atoms with Crippen molar-refractivity contribution in [3.63, 3.8) is 0 Å². The maximum atomic E-state index is 5.59. The molecule has 1 aliphatic heterocycles. The number of rotatable bonds is 4. The molecule has 0 spiro atoms. The number of nitrogens with one attached hydrogen (secondary N) is 1. The fourth-order valence-electron chi connectivity index (χ4n) is 2.14. The Hall–Kier alpha value is -1.06. The van der Waals surface area contributed by atoms with Crippen LogP contribution in [0.3, 0.4) is 0 Å². The molecule has 0 amide bonds. The number of hydrogen-bond donors (Lipinski definition) is 1. The lowest BCUT2D eigenvalue weighted by molar-refractivity contribution is 0.240. The van der Waals surface area contributed by atoms with Crippen LogP contribution in [-0.2, 0) is 0 Å². The summed E-state index contributed by atoms with van der Waals surface area (Å²) in [7, 11) is 2.17. The third-order valence-corrected chi connectivity index (χ3v) is 3.13. The number of nitrogens with zero attached hydrogens (tertiary/aromatic N) is 1. The predicted molar refractivity (Wildman–Crippen MR) is 70.5 cm³/mol. The number of hydrogen-bond acceptors (Lipinski definition) is 3. The summed E-state index contributed by atoms with van der Waals surface area (Å²) in [6.07, 6.45) is 1.05. The summed E-state index contributed by atoms with van der Waals surface area (Å²) in [5, 5.41) is 3.55. The van der Waals surface area contributed by atoms with Crippen molar-refractivity contribution in [2.75, 3.05) is 33.3 Å². The van der Waals surface area contributed by atoms with Gasteiger partial charge in [0.25, 0.3) is 0 Å². The lowest BCUT2D eigenvalue weighted by Crippen LogP contribution is -2.43. The smallest absolute Gasteiger partial charge is 0.119 e. The van der Waals surface area contributed by atoms with Crippen molar-refractivity contribution in [2.24, 2.45) is 0 Å². The van der Waals surface area contributed by atoms with Gasteiger partial charge in [0.15, 0.2) is 0 Å². The largest absolute Gasteiger partial charge is 0.494 e. The van der Waals surface area contributed by atoms with Gasteiger partial charge in [0, 0.05) is 25.7 Å². The molecule has 1 unspecified atom stereocenters. The monoisotopic (exact) mass is 234 g/mol. The van der Waals surface area contributed by atoms with Crippen LogP contribution in [0.5, 0.6) is 5.75 Å². The maximum Gasteiger partial charge on any atom is 0.119 e. The minimum absolute atomic E-state index is 0.453. The van der Waals surface area contributed by atoms with Crippen molar-refractivity contribution in [1.82, 2.24) is 10.2 Å². The second-order valence-corrected chi connectivity index (χ2v) is 4.69. The zero-order chi connectivity index (χ0) is 12.1. The highest BCUT2D eigenvalue weighted by molar-refractivity contribution is 5.29. The second kappa shape index (κ2) is 6.03. The van der Waals surface area contributed by atoms with Crippen LogP contribution in [-0.4, -0.2) is 38.2 Å². The fourth-order valence-corrected chi connectivity index (χ4v) is 2.14. The van der Waals surface area contributed by atoms with Crippen LogP contribution in [0.2, 0.25) is 0 Å². The normalized spacial score (nSPS) is 21.4. The molecule has 1 heterocycles. The molecular weight excluding hydrogens is 212 g/mol. The Morgan fingerprint density at radius 2 is 2.12 bits per heavy atom. The summed E-state index contributed by atoms with van der Waals surface area (Å²) in [6.45, 7) is 6.19. The first-order chi connectivity index (χ1) is 8.29. The molecule has 0 aliphatic carbocycles. The Labute approximate surface area is 104 Å². The molecule has 1 saturated heterocycles. The van der Waals surface area contributed by atoms with E-state index in [-0.39, 0.29) is 0 Å². The number of ether oxygens (including phenoxy) is 1. The van der Waals surface area contributed by atoms with Crippen LogP contribution < -0.4 is 10.1 Å². The van der Waals surface area contributed by atoms with Crippen molar-refractivity contribution in [1.29, 1.82) is 0 Å². The first kappa shape index (κ1) is 12.4. The maximum absolute atomic E-state index is 5.59. The first-order valence-corrected chi connectivity index (χ1v) is 6.44. The Balaban J connectivity index is 1.96. The van der Waals surface area contributed by atoms with Gasteiger partial charge in [-0.2, -0.15) is 0 Å². The molecule has 1 atom stereocenters. The van der Waals surface area contributed by atoms with Gasteiger partial charge in [-0.15, -0.1) is 0 Å². The number of benzene rings is 1. The number of likely N-dealkylation sites (N-methyl/N-ethyl adjacent to an activating group) is 1. The Morgan fingerprint density at radius 3 is 2.76 bits per heavy atom. The molecule has 0 saturated carbocycles. The van der Waals surface area contributed by atoms with Gasteiger partial charge in [0.05, 0.1) is 6.61 Å². The summed E-state index contributed by atoms with van der Waals surface area (Å²) >= 11 is 0. The zero-order valence-corrected chi connectivity index (χ0v) is 10.8. The molecule has 1 aliphatic rings. The zero-order valence-electron chi connectivity index (χ0n) is 10.8. The summed E-state index contributed by atoms with van der Waals surface area (Å²) in [5.41, 5.74) is 1.35. The van der Waals surface area contributed by atoms with E-state index in [9.17, 15) is 0 Å². The molecule has 17 heavy (non-hydrogen) atoms. The Kier molecular flexibility index (Phi) is 4.40. The highest BCUT2D eigenvalue weighted by Crippen LogP contribution is 2.20. The lowest BCUT2D eigenvalue weighted by Gasteiger charge is -2.31. The van der Waals surface area contributed by atoms with E-state index in [2.05, 4.69) is 48.5 Å². The quantitative estimate of drug-likeness (QED) is 0.863. The first-order valence-electron chi connectivity index (χ1n) is 6.44. The van der Waals surface area contributed by atoms with Crippen LogP contribution >= 0.6 is 0 Å². The Morgan fingerprint density at radius 1 is 1.35 bits per heavy atom. The standard InChI is InChI=1S/C14H22N2O/c1-3-10-17-13-6-4-12(5-7-13)14-11-16(2)9-8-15-14/h4-7,14-15H,3,8-11H2,1-2H3. The van der Waals surface area contributed by atoms with Crippen molar-refractivity contribution >= 4 is 0 Å². The van der Waals surface area contributed by atoms with Crippen molar-refractivity contribution in [3.8, 4) is 5.75 Å². The lowest BCUT2D eigenvalue weighted by atomic mass is 10.0. The minimum atomic E-state index is 0.453. The molecule has 1 aromatic carbocycles. The molecule has 3 nitrogen and oxygen atoms in total. The van der Waals surface area contributed by atoms with Gasteiger partial charge >= 0.3 is 0 Å². The number of piperazine rings is 1. The molecule has 3 heteroatoms. The average molecular weight is 234 g/mol. The summed E-state index contributed by atoms with van der Waals surface area (Å²) < 4.78 is 5.59. The van der Waals surface area contributed by atoms with Crippen LogP contribution in [0.15, 0.2) is 24.3 Å². The van der Waals surface area contributed by atoms with E-state index in [0.717, 1.165) is 38.4 Å². The summed E-state index contributed by atoms with van der Waals surface area (Å²) in [5.74, 6) is 0.972. The highest BCUT2D eigenvalue weighted by Gasteiger charge is 2.17. The van der Waals surface area contributed by atoms with Crippen LogP contribution in [0.1, 0.15) is 24.9 Å². The molecule has 2 rings (SSSR count). The van der Waals surface area contributed by atoms with Gasteiger partial charge in [-0.25, -0.2) is 0 Å². The van der Waals surface area contributed by atoms with Crippen LogP contribution in [0, 0.1) is 0 Å². The SMILES string of the molecule is CCCOc1ccc(C2CN(C)CCN2)cc1. The van der Waals surface area contributed by atoms with E-state index < -0.39 is 0 Å². The minimum Gasteiger partial charge on any atom is -0.494 e. The van der Waals surface area contributed by atoms with Crippen molar-refractivity contribution in [3.05, 3.63) is 29.8 Å². The molecule has 0 bridgehead atoms. The molecule has 0 aromatic heterocycles. The van der Waals surface area contributed by atoms with E-state index >= 15 is 0 Å². The molecule has 1 aromatic rings. The van der Waals surface area contributed by atoms with E-state index in [1.807, 2.05) is 0 Å². The molecule has 1 N–H and O–H groups in total. The van der Waals surface area contributed by atoms with Gasteiger partial charge in [-0.3, -0.25) is 0 Å². The third-order valence-electron chi connectivity index (χ3n) is 3.13. The topological polar surface area (TPSA) is 24.5 Å². The molecular formula is C14H22N2O. The van der Waals surface area contributed by atoms with Gasteiger partial charge in [0.1, 0.15) is 5.75 Å². The molecule has 94 valence electrons. The van der Waals surface area contributed by atoms with Crippen LogP contribution in [0.4, 0.5) is 0 Å².